The van der Waals surface area contributed by atoms with Crippen LogP contribution in [0.2, 0.25) is 5.02 Å². The molecule has 1 unspecified atom stereocenters. The predicted octanol–water partition coefficient (Wildman–Crippen LogP) is 3.68. The maximum Gasteiger partial charge on any atom is 0.573 e. The maximum absolute atomic E-state index is 12.4. The number of benzene rings is 1. The number of ether oxygens (including phenoxy) is 1. The highest BCUT2D eigenvalue weighted by Crippen LogP contribution is 2.60. The predicted molar refractivity (Wildman–Crippen MR) is 83.9 cm³/mol. The Labute approximate surface area is 146 Å². The van der Waals surface area contributed by atoms with Crippen LogP contribution in [-0.4, -0.2) is 26.2 Å². The Morgan fingerprint density at radius 1 is 1.40 bits per heavy atom. The van der Waals surface area contributed by atoms with E-state index < -0.39 is 23.1 Å². The molecule has 134 valence electrons. The average Bonchev–Trinajstić information content (AvgIpc) is 3.17. The Kier molecular flexibility index (Phi) is 4.28. The second-order valence-corrected chi connectivity index (χ2v) is 6.41. The Hall–Kier alpha value is -2.06. The van der Waals surface area contributed by atoms with E-state index in [1.54, 1.807) is 6.08 Å². The van der Waals surface area contributed by atoms with Gasteiger partial charge in [-0.05, 0) is 25.0 Å². The lowest BCUT2D eigenvalue weighted by Gasteiger charge is -2.36. The molecular weight excluding hydrogens is 359 g/mol. The standard InChI is InChI=1S/C16H15ClF3N3O2/c1-2-14(5-6-14)15(24,8-23-10-21-9-22-23)12-4-3-11(7-13(12)17)25-16(18,19)20/h2-4,7,9-10,24H,1,5-6,8H2. The smallest absolute Gasteiger partial charge is 0.406 e. The van der Waals surface area contributed by atoms with Gasteiger partial charge in [-0.15, -0.1) is 19.8 Å². The van der Waals surface area contributed by atoms with Crippen molar-refractivity contribution < 1.29 is 23.0 Å². The first kappa shape index (κ1) is 17.8. The van der Waals surface area contributed by atoms with E-state index in [1.165, 1.54) is 23.4 Å². The molecule has 1 saturated carbocycles. The fraction of sp³-hybridized carbons (Fsp3) is 0.375. The number of rotatable bonds is 6. The van der Waals surface area contributed by atoms with E-state index in [-0.39, 0.29) is 17.1 Å². The van der Waals surface area contributed by atoms with E-state index >= 15 is 0 Å². The van der Waals surface area contributed by atoms with Crippen molar-refractivity contribution in [2.45, 2.75) is 31.3 Å². The topological polar surface area (TPSA) is 60.2 Å². The summed E-state index contributed by atoms with van der Waals surface area (Å²) < 4.78 is 42.4. The third kappa shape index (κ3) is 3.36. The molecule has 0 radical (unpaired) electrons. The monoisotopic (exact) mass is 373 g/mol. The molecule has 1 heterocycles. The first-order chi connectivity index (χ1) is 11.7. The summed E-state index contributed by atoms with van der Waals surface area (Å²) in [5.74, 6) is -0.451. The zero-order valence-electron chi connectivity index (χ0n) is 13.0. The fourth-order valence-electron chi connectivity index (χ4n) is 3.01. The van der Waals surface area contributed by atoms with Crippen molar-refractivity contribution in [1.82, 2.24) is 14.8 Å². The van der Waals surface area contributed by atoms with Gasteiger partial charge in [0.1, 0.15) is 24.0 Å². The summed E-state index contributed by atoms with van der Waals surface area (Å²) in [7, 11) is 0. The Morgan fingerprint density at radius 3 is 2.60 bits per heavy atom. The minimum absolute atomic E-state index is 0.0301. The molecule has 1 aliphatic carbocycles. The quantitative estimate of drug-likeness (QED) is 0.785. The number of aliphatic hydroxyl groups is 1. The van der Waals surface area contributed by atoms with Crippen molar-refractivity contribution in [2.24, 2.45) is 5.41 Å². The van der Waals surface area contributed by atoms with Crippen molar-refractivity contribution in [2.75, 3.05) is 0 Å². The zero-order chi connectivity index (χ0) is 18.3. The molecule has 1 fully saturated rings. The first-order valence-corrected chi connectivity index (χ1v) is 7.81. The number of nitrogens with zero attached hydrogens (tertiary/aromatic N) is 3. The van der Waals surface area contributed by atoms with Crippen LogP contribution in [0.1, 0.15) is 18.4 Å². The lowest BCUT2D eigenvalue weighted by molar-refractivity contribution is -0.274. The molecule has 2 aromatic rings. The van der Waals surface area contributed by atoms with Gasteiger partial charge in [0.15, 0.2) is 0 Å². The van der Waals surface area contributed by atoms with Crippen molar-refractivity contribution in [3.8, 4) is 5.75 Å². The molecular formula is C16H15ClF3N3O2. The summed E-state index contributed by atoms with van der Waals surface area (Å²) in [5, 5.41) is 15.4. The molecule has 1 atom stereocenters. The fourth-order valence-corrected chi connectivity index (χ4v) is 3.34. The third-order valence-corrected chi connectivity index (χ3v) is 4.79. The normalized spacial score (nSPS) is 18.4. The minimum atomic E-state index is -4.82. The lowest BCUT2D eigenvalue weighted by Crippen LogP contribution is -2.40. The second kappa shape index (κ2) is 6.03. The van der Waals surface area contributed by atoms with E-state index in [0.717, 1.165) is 12.1 Å². The first-order valence-electron chi connectivity index (χ1n) is 7.43. The summed E-state index contributed by atoms with van der Waals surface area (Å²) in [5.41, 5.74) is -1.83. The molecule has 1 aromatic heterocycles. The summed E-state index contributed by atoms with van der Waals surface area (Å²) in [6.07, 6.45) is 0.966. The van der Waals surface area contributed by atoms with Crippen LogP contribution in [0.15, 0.2) is 43.5 Å². The highest BCUT2D eigenvalue weighted by Gasteiger charge is 2.58. The third-order valence-electron chi connectivity index (χ3n) is 4.48. The van der Waals surface area contributed by atoms with Crippen molar-refractivity contribution in [1.29, 1.82) is 0 Å². The number of alkyl halides is 3. The largest absolute Gasteiger partial charge is 0.573 e. The molecule has 25 heavy (non-hydrogen) atoms. The van der Waals surface area contributed by atoms with Gasteiger partial charge < -0.3 is 9.84 Å². The van der Waals surface area contributed by atoms with Crippen LogP contribution >= 0.6 is 11.6 Å². The summed E-state index contributed by atoms with van der Waals surface area (Å²) in [6, 6.07) is 3.50. The molecule has 5 nitrogen and oxygen atoms in total. The van der Waals surface area contributed by atoms with Gasteiger partial charge in [0.05, 0.1) is 11.6 Å². The van der Waals surface area contributed by atoms with Crippen molar-refractivity contribution in [3.05, 3.63) is 54.1 Å². The Morgan fingerprint density at radius 2 is 2.12 bits per heavy atom. The molecule has 0 amide bonds. The van der Waals surface area contributed by atoms with Crippen LogP contribution in [0.4, 0.5) is 13.2 Å². The number of aromatic nitrogens is 3. The SMILES string of the molecule is C=CC1(C(O)(Cn2cncn2)c2ccc(OC(F)(F)F)cc2Cl)CC1. The zero-order valence-corrected chi connectivity index (χ0v) is 13.8. The van der Waals surface area contributed by atoms with Crippen LogP contribution in [0.25, 0.3) is 0 Å². The molecule has 9 heteroatoms. The highest BCUT2D eigenvalue weighted by molar-refractivity contribution is 6.31. The van der Waals surface area contributed by atoms with Crippen molar-refractivity contribution >= 4 is 11.6 Å². The van der Waals surface area contributed by atoms with Crippen LogP contribution in [0, 0.1) is 5.41 Å². The van der Waals surface area contributed by atoms with Crippen LogP contribution in [-0.2, 0) is 12.1 Å². The molecule has 3 rings (SSSR count). The maximum atomic E-state index is 12.4. The van der Waals surface area contributed by atoms with Gasteiger partial charge in [-0.25, -0.2) is 9.67 Å². The minimum Gasteiger partial charge on any atom is -0.406 e. The van der Waals surface area contributed by atoms with Gasteiger partial charge in [-0.3, -0.25) is 0 Å². The highest BCUT2D eigenvalue weighted by atomic mass is 35.5. The van der Waals surface area contributed by atoms with E-state index in [2.05, 4.69) is 21.4 Å². The summed E-state index contributed by atoms with van der Waals surface area (Å²) in [6.45, 7) is 3.83. The molecule has 0 aliphatic heterocycles. The van der Waals surface area contributed by atoms with E-state index in [1.807, 2.05) is 0 Å². The van der Waals surface area contributed by atoms with E-state index in [9.17, 15) is 18.3 Å². The van der Waals surface area contributed by atoms with Gasteiger partial charge >= 0.3 is 6.36 Å². The Balaban J connectivity index is 2.01. The van der Waals surface area contributed by atoms with Gasteiger partial charge in [0, 0.05) is 11.0 Å². The molecule has 1 aromatic carbocycles. The van der Waals surface area contributed by atoms with Crippen molar-refractivity contribution in [3.63, 3.8) is 0 Å². The number of halogens is 4. The molecule has 0 bridgehead atoms. The lowest BCUT2D eigenvalue weighted by atomic mass is 9.78. The van der Waals surface area contributed by atoms with Crippen LogP contribution < -0.4 is 4.74 Å². The average molecular weight is 374 g/mol. The summed E-state index contributed by atoms with van der Waals surface area (Å²) in [4.78, 5) is 3.84. The molecule has 0 spiro atoms. The van der Waals surface area contributed by atoms with E-state index in [0.29, 0.717) is 12.8 Å². The molecule has 0 saturated heterocycles. The summed E-state index contributed by atoms with van der Waals surface area (Å²) >= 11 is 6.19. The van der Waals surface area contributed by atoms with Gasteiger partial charge in [-0.1, -0.05) is 23.7 Å². The van der Waals surface area contributed by atoms with Gasteiger partial charge in [-0.2, -0.15) is 5.10 Å². The van der Waals surface area contributed by atoms with Crippen LogP contribution in [0.5, 0.6) is 5.75 Å². The number of hydrogen-bond donors (Lipinski definition) is 1. The van der Waals surface area contributed by atoms with E-state index in [4.69, 9.17) is 11.6 Å². The van der Waals surface area contributed by atoms with Crippen LogP contribution in [0.3, 0.4) is 0 Å². The van der Waals surface area contributed by atoms with Gasteiger partial charge in [0.2, 0.25) is 0 Å². The molecule has 1 aliphatic rings. The number of hydrogen-bond acceptors (Lipinski definition) is 4. The second-order valence-electron chi connectivity index (χ2n) is 6.00. The molecule has 1 N–H and O–H groups in total. The Bertz CT molecular complexity index is 775. The van der Waals surface area contributed by atoms with Gasteiger partial charge in [0.25, 0.3) is 0 Å².